The van der Waals surface area contributed by atoms with E-state index in [1.54, 1.807) is 0 Å². The SMILES string of the molecule is NC(=O)c1ncc(-c2nc(N3CCOCC3)c3nc(Cl)n(CC4CCOC4)c3n2)cn1.O=C(O)O.O=C(O)O. The topological polar surface area (TPSA) is 249 Å². The van der Waals surface area contributed by atoms with E-state index in [4.69, 9.17) is 66.8 Å². The second-order valence-corrected chi connectivity index (χ2v) is 8.43. The number of morpholine rings is 1. The van der Waals surface area contributed by atoms with Crippen LogP contribution in [-0.2, 0) is 16.0 Å². The summed E-state index contributed by atoms with van der Waals surface area (Å²) in [6.07, 6.45) is 0.279. The summed E-state index contributed by atoms with van der Waals surface area (Å²) in [6.45, 7) is 4.67. The van der Waals surface area contributed by atoms with Gasteiger partial charge in [0.15, 0.2) is 22.8 Å². The number of imidazole rings is 1. The molecule has 2 aliphatic rings. The van der Waals surface area contributed by atoms with Crippen LogP contribution in [0.25, 0.3) is 22.6 Å². The van der Waals surface area contributed by atoms with Crippen molar-refractivity contribution in [2.75, 3.05) is 44.4 Å². The van der Waals surface area contributed by atoms with Gasteiger partial charge in [-0.1, -0.05) is 0 Å². The fourth-order valence-corrected chi connectivity index (χ4v) is 4.04. The highest BCUT2D eigenvalue weighted by atomic mass is 35.5. The summed E-state index contributed by atoms with van der Waals surface area (Å²) in [5, 5.41) is 28.3. The number of hydrogen-bond acceptors (Lipinski definition) is 11. The number of rotatable bonds is 5. The number of amides is 1. The van der Waals surface area contributed by atoms with Crippen molar-refractivity contribution in [3.05, 3.63) is 23.5 Å². The van der Waals surface area contributed by atoms with Gasteiger partial charge in [-0.15, -0.1) is 0 Å². The van der Waals surface area contributed by atoms with Gasteiger partial charge < -0.3 is 40.5 Å². The van der Waals surface area contributed by atoms with E-state index in [9.17, 15) is 4.79 Å². The van der Waals surface area contributed by atoms with Crippen LogP contribution < -0.4 is 10.6 Å². The summed E-state index contributed by atoms with van der Waals surface area (Å²) in [5.74, 6) is 0.697. The molecule has 5 rings (SSSR count). The third-order valence-corrected chi connectivity index (χ3v) is 5.72. The zero-order chi connectivity index (χ0) is 28.5. The lowest BCUT2D eigenvalue weighted by molar-refractivity contribution is 0.0989. The average molecular weight is 569 g/mol. The number of hydrogen-bond donors (Lipinski definition) is 5. The zero-order valence-electron chi connectivity index (χ0n) is 20.3. The second kappa shape index (κ2) is 13.4. The Labute approximate surface area is 224 Å². The predicted molar refractivity (Wildman–Crippen MR) is 133 cm³/mol. The first kappa shape index (κ1) is 29.2. The molecule has 0 spiro atoms. The third kappa shape index (κ3) is 8.06. The maximum absolute atomic E-state index is 11.3. The molecule has 6 N–H and O–H groups in total. The fraction of sp³-hybridized carbons (Fsp3) is 0.429. The number of carbonyl (C=O) groups excluding carboxylic acids is 1. The lowest BCUT2D eigenvalue weighted by atomic mass is 10.1. The summed E-state index contributed by atoms with van der Waals surface area (Å²) >= 11 is 6.53. The molecule has 17 nitrogen and oxygen atoms in total. The van der Waals surface area contributed by atoms with Crippen LogP contribution in [-0.4, -0.2) is 108 Å². The van der Waals surface area contributed by atoms with Gasteiger partial charge in [0, 0.05) is 44.6 Å². The van der Waals surface area contributed by atoms with E-state index in [2.05, 4.69) is 19.9 Å². The smallest absolute Gasteiger partial charge is 0.450 e. The van der Waals surface area contributed by atoms with Crippen LogP contribution in [0.2, 0.25) is 5.28 Å². The molecule has 1 amide bonds. The lowest BCUT2D eigenvalue weighted by Crippen LogP contribution is -2.37. The Bertz CT molecular complexity index is 1290. The molecule has 2 fully saturated rings. The lowest BCUT2D eigenvalue weighted by Gasteiger charge is -2.28. The first-order chi connectivity index (χ1) is 18.6. The Balaban J connectivity index is 0.000000466. The number of carboxylic acid groups (broad SMARTS) is 4. The highest BCUT2D eigenvalue weighted by molar-refractivity contribution is 6.29. The number of aromatic nitrogens is 6. The van der Waals surface area contributed by atoms with Gasteiger partial charge in [0.05, 0.1) is 25.4 Å². The summed E-state index contributed by atoms with van der Waals surface area (Å²) in [7, 11) is 0. The number of nitrogens with two attached hydrogens (primary N) is 1. The van der Waals surface area contributed by atoms with Crippen LogP contribution in [0.3, 0.4) is 0 Å². The molecule has 2 saturated heterocycles. The Morgan fingerprint density at radius 3 is 2.13 bits per heavy atom. The molecule has 1 atom stereocenters. The molecular weight excluding hydrogens is 544 g/mol. The Kier molecular flexibility index (Phi) is 10.1. The van der Waals surface area contributed by atoms with Gasteiger partial charge in [0.1, 0.15) is 0 Å². The van der Waals surface area contributed by atoms with Crippen molar-refractivity contribution in [2.45, 2.75) is 13.0 Å². The third-order valence-electron chi connectivity index (χ3n) is 5.44. The monoisotopic (exact) mass is 568 g/mol. The van der Waals surface area contributed by atoms with Gasteiger partial charge in [0.2, 0.25) is 11.1 Å². The summed E-state index contributed by atoms with van der Waals surface area (Å²) < 4.78 is 12.9. The molecule has 0 saturated carbocycles. The number of ether oxygens (including phenoxy) is 2. The van der Waals surface area contributed by atoms with Gasteiger partial charge in [0.25, 0.3) is 5.91 Å². The van der Waals surface area contributed by atoms with Crippen molar-refractivity contribution in [2.24, 2.45) is 11.7 Å². The highest BCUT2D eigenvalue weighted by Gasteiger charge is 2.25. The van der Waals surface area contributed by atoms with Crippen molar-refractivity contribution in [1.82, 2.24) is 29.5 Å². The summed E-state index contributed by atoms with van der Waals surface area (Å²) in [5.41, 5.74) is 7.10. The molecule has 0 aliphatic carbocycles. The molecule has 210 valence electrons. The van der Waals surface area contributed by atoms with Crippen LogP contribution in [0.15, 0.2) is 12.4 Å². The van der Waals surface area contributed by atoms with E-state index in [0.29, 0.717) is 79.0 Å². The number of fused-ring (bicyclic) bond motifs is 1. The standard InChI is InChI=1S/C19H21ClN8O3.2CH2O3/c20-19-24-13-17(27-2-5-30-6-3-27)25-15(12-7-22-16(14(21)29)23-8-12)26-18(13)28(19)9-11-1-4-31-10-11;2*2-1(3)4/h7-8,11H,1-6,9-10H2,(H2,21,29);2*(H2,2,3,4). The van der Waals surface area contributed by atoms with Crippen molar-refractivity contribution in [3.63, 3.8) is 0 Å². The first-order valence-corrected chi connectivity index (χ1v) is 11.7. The average Bonchev–Trinajstić information content (AvgIpc) is 3.51. The minimum absolute atomic E-state index is 0.0625. The number of primary amides is 1. The summed E-state index contributed by atoms with van der Waals surface area (Å²) in [6, 6.07) is 0. The molecule has 39 heavy (non-hydrogen) atoms. The van der Waals surface area contributed by atoms with Crippen molar-refractivity contribution >= 4 is 46.8 Å². The van der Waals surface area contributed by atoms with E-state index in [-0.39, 0.29) is 5.82 Å². The maximum Gasteiger partial charge on any atom is 0.503 e. The number of halogens is 1. The largest absolute Gasteiger partial charge is 0.503 e. The minimum atomic E-state index is -1.83. The van der Waals surface area contributed by atoms with Crippen LogP contribution in [0.5, 0.6) is 0 Å². The zero-order valence-corrected chi connectivity index (χ0v) is 21.1. The fourth-order valence-electron chi connectivity index (χ4n) is 3.80. The van der Waals surface area contributed by atoms with Crippen LogP contribution in [0, 0.1) is 5.92 Å². The molecule has 3 aromatic heterocycles. The number of anilines is 1. The number of nitrogens with zero attached hydrogens (tertiary/aromatic N) is 7. The molecule has 2 aliphatic heterocycles. The molecule has 18 heteroatoms. The molecule has 1 unspecified atom stereocenters. The quantitative estimate of drug-likeness (QED) is 0.272. The highest BCUT2D eigenvalue weighted by Crippen LogP contribution is 2.31. The van der Waals surface area contributed by atoms with Crippen LogP contribution in [0.4, 0.5) is 15.4 Å². The van der Waals surface area contributed by atoms with Crippen LogP contribution in [0.1, 0.15) is 17.0 Å². The summed E-state index contributed by atoms with van der Waals surface area (Å²) in [4.78, 5) is 52.7. The minimum Gasteiger partial charge on any atom is -0.450 e. The van der Waals surface area contributed by atoms with E-state index in [0.717, 1.165) is 13.0 Å². The molecule has 0 aromatic carbocycles. The predicted octanol–water partition coefficient (Wildman–Crippen LogP) is 1.35. The molecule has 0 radical (unpaired) electrons. The van der Waals surface area contributed by atoms with Gasteiger partial charge in [-0.3, -0.25) is 9.36 Å². The first-order valence-electron chi connectivity index (χ1n) is 11.4. The maximum atomic E-state index is 11.3. The van der Waals surface area contributed by atoms with Crippen molar-refractivity contribution < 1.29 is 44.3 Å². The van der Waals surface area contributed by atoms with Gasteiger partial charge in [-0.05, 0) is 18.0 Å². The van der Waals surface area contributed by atoms with Gasteiger partial charge in [-0.25, -0.2) is 34.5 Å². The molecule has 5 heterocycles. The van der Waals surface area contributed by atoms with Crippen LogP contribution >= 0.6 is 11.6 Å². The Hall–Kier alpha value is -4.35. The van der Waals surface area contributed by atoms with E-state index in [1.807, 2.05) is 4.57 Å². The molecular formula is C21H25ClN8O9. The van der Waals surface area contributed by atoms with E-state index >= 15 is 0 Å². The number of carbonyl (C=O) groups is 3. The van der Waals surface area contributed by atoms with E-state index < -0.39 is 18.2 Å². The van der Waals surface area contributed by atoms with Gasteiger partial charge >= 0.3 is 12.3 Å². The molecule has 0 bridgehead atoms. The van der Waals surface area contributed by atoms with Crippen molar-refractivity contribution in [3.8, 4) is 11.4 Å². The second-order valence-electron chi connectivity index (χ2n) is 8.09. The van der Waals surface area contributed by atoms with E-state index in [1.165, 1.54) is 12.4 Å². The molecule has 3 aromatic rings. The van der Waals surface area contributed by atoms with Crippen molar-refractivity contribution in [1.29, 1.82) is 0 Å². The normalized spacial score (nSPS) is 16.5. The van der Waals surface area contributed by atoms with Gasteiger partial charge in [-0.2, -0.15) is 0 Å². The Morgan fingerprint density at radius 2 is 1.59 bits per heavy atom. The Morgan fingerprint density at radius 1 is 0.974 bits per heavy atom.